The molecule has 0 bridgehead atoms. The molecule has 0 radical (unpaired) electrons. The standard InChI is InChI=1S/C31H44N2O5S/c1-21-10-12-22(13-11-21)28(34)33(26-20-25(14-17-31(2,3)4)39-27(26)29(35)36)23-15-18-32(19-16-23)30(37)38-24-8-6-5-7-9-24/h20-24H,5-13,15-16,18-19H2,1-4H3,(H,35,36)/t21-,22-. The molecule has 3 fully saturated rings. The van der Waals surface area contributed by atoms with Gasteiger partial charge in [-0.05, 0) is 97.0 Å². The van der Waals surface area contributed by atoms with Crippen LogP contribution in [0.3, 0.4) is 0 Å². The molecular weight excluding hydrogens is 512 g/mol. The lowest BCUT2D eigenvalue weighted by atomic mass is 9.82. The number of amides is 2. The van der Waals surface area contributed by atoms with E-state index < -0.39 is 5.97 Å². The van der Waals surface area contributed by atoms with Gasteiger partial charge in [0.05, 0.1) is 10.6 Å². The molecule has 0 spiro atoms. The predicted octanol–water partition coefficient (Wildman–Crippen LogP) is 6.94. The van der Waals surface area contributed by atoms with Crippen LogP contribution in [0.15, 0.2) is 6.07 Å². The molecule has 3 aliphatic rings. The summed E-state index contributed by atoms with van der Waals surface area (Å²) in [6.07, 6.45) is 9.86. The monoisotopic (exact) mass is 556 g/mol. The van der Waals surface area contributed by atoms with E-state index in [1.54, 1.807) is 15.9 Å². The van der Waals surface area contributed by atoms with Crippen molar-refractivity contribution in [2.75, 3.05) is 18.0 Å². The highest BCUT2D eigenvalue weighted by molar-refractivity contribution is 7.15. The van der Waals surface area contributed by atoms with Crippen molar-refractivity contribution in [2.24, 2.45) is 17.3 Å². The number of aromatic carboxylic acids is 1. The van der Waals surface area contributed by atoms with Gasteiger partial charge in [0.1, 0.15) is 11.0 Å². The van der Waals surface area contributed by atoms with Gasteiger partial charge in [0.25, 0.3) is 0 Å². The highest BCUT2D eigenvalue weighted by atomic mass is 32.1. The second-order valence-corrected chi connectivity index (χ2v) is 13.7. The normalized spacial score (nSPS) is 23.0. The first-order valence-electron chi connectivity index (χ1n) is 14.7. The Morgan fingerprint density at radius 3 is 2.23 bits per heavy atom. The molecule has 7 nitrogen and oxygen atoms in total. The second-order valence-electron chi connectivity index (χ2n) is 12.7. The van der Waals surface area contributed by atoms with Crippen molar-refractivity contribution in [3.63, 3.8) is 0 Å². The van der Waals surface area contributed by atoms with Crippen LogP contribution in [0.4, 0.5) is 10.5 Å². The highest BCUT2D eigenvalue weighted by Crippen LogP contribution is 2.38. The van der Waals surface area contributed by atoms with Crippen molar-refractivity contribution < 1.29 is 24.2 Å². The fraction of sp³-hybridized carbons (Fsp3) is 0.710. The van der Waals surface area contributed by atoms with Crippen molar-refractivity contribution in [3.05, 3.63) is 15.8 Å². The zero-order valence-electron chi connectivity index (χ0n) is 24.0. The number of rotatable bonds is 5. The van der Waals surface area contributed by atoms with Gasteiger partial charge in [-0.15, -0.1) is 11.3 Å². The van der Waals surface area contributed by atoms with Crippen LogP contribution in [0.25, 0.3) is 0 Å². The van der Waals surface area contributed by atoms with Gasteiger partial charge in [-0.3, -0.25) is 4.79 Å². The summed E-state index contributed by atoms with van der Waals surface area (Å²) in [7, 11) is 0. The second kappa shape index (κ2) is 12.8. The number of carbonyl (C=O) groups excluding carboxylic acids is 2. The maximum Gasteiger partial charge on any atom is 0.410 e. The minimum atomic E-state index is -1.04. The number of thiophene rings is 1. The van der Waals surface area contributed by atoms with E-state index in [0.29, 0.717) is 42.4 Å². The third-order valence-electron chi connectivity index (χ3n) is 8.24. The predicted molar refractivity (Wildman–Crippen MR) is 154 cm³/mol. The Bertz CT molecular complexity index is 1090. The quantitative estimate of drug-likeness (QED) is 0.397. The molecule has 2 saturated carbocycles. The Balaban J connectivity index is 1.56. The fourth-order valence-corrected chi connectivity index (χ4v) is 6.77. The van der Waals surface area contributed by atoms with Gasteiger partial charge in [0.15, 0.2) is 0 Å². The van der Waals surface area contributed by atoms with Gasteiger partial charge in [0, 0.05) is 30.5 Å². The minimum Gasteiger partial charge on any atom is -0.477 e. The molecule has 1 aromatic heterocycles. The number of likely N-dealkylation sites (tertiary alicyclic amines) is 1. The summed E-state index contributed by atoms with van der Waals surface area (Å²) in [5.41, 5.74) is 0.235. The van der Waals surface area contributed by atoms with Gasteiger partial charge < -0.3 is 19.6 Å². The highest BCUT2D eigenvalue weighted by Gasteiger charge is 2.38. The molecule has 1 N–H and O–H groups in total. The summed E-state index contributed by atoms with van der Waals surface area (Å²) < 4.78 is 5.79. The molecule has 1 saturated heterocycles. The van der Waals surface area contributed by atoms with Crippen molar-refractivity contribution >= 4 is 35.0 Å². The van der Waals surface area contributed by atoms with Crippen molar-refractivity contribution in [1.29, 1.82) is 0 Å². The first kappa shape index (κ1) is 29.5. The van der Waals surface area contributed by atoms with Crippen molar-refractivity contribution in [2.45, 2.75) is 110 Å². The number of carbonyl (C=O) groups is 3. The van der Waals surface area contributed by atoms with E-state index in [1.165, 1.54) is 6.42 Å². The first-order valence-corrected chi connectivity index (χ1v) is 15.5. The number of ether oxygens (including phenoxy) is 1. The van der Waals surface area contributed by atoms with Gasteiger partial charge in [-0.2, -0.15) is 0 Å². The molecule has 0 atom stereocenters. The molecule has 39 heavy (non-hydrogen) atoms. The summed E-state index contributed by atoms with van der Waals surface area (Å²) in [6, 6.07) is 1.62. The van der Waals surface area contributed by atoms with E-state index in [-0.39, 0.29) is 40.4 Å². The molecule has 2 heterocycles. The Morgan fingerprint density at radius 1 is 1.00 bits per heavy atom. The summed E-state index contributed by atoms with van der Waals surface area (Å²) in [4.78, 5) is 43.6. The lowest BCUT2D eigenvalue weighted by molar-refractivity contribution is -0.124. The van der Waals surface area contributed by atoms with Gasteiger partial charge in [-0.1, -0.05) is 25.2 Å². The molecule has 2 aliphatic carbocycles. The zero-order chi connectivity index (χ0) is 28.2. The average Bonchev–Trinajstić information content (AvgIpc) is 3.33. The number of anilines is 1. The fourth-order valence-electron chi connectivity index (χ4n) is 5.93. The van der Waals surface area contributed by atoms with E-state index in [2.05, 4.69) is 18.8 Å². The Kier molecular flexibility index (Phi) is 9.64. The van der Waals surface area contributed by atoms with Crippen LogP contribution in [0, 0.1) is 29.1 Å². The maximum atomic E-state index is 14.1. The Hall–Kier alpha value is -2.53. The van der Waals surface area contributed by atoms with E-state index in [0.717, 1.165) is 62.7 Å². The van der Waals surface area contributed by atoms with E-state index in [9.17, 15) is 19.5 Å². The lowest BCUT2D eigenvalue weighted by Crippen LogP contribution is -2.51. The summed E-state index contributed by atoms with van der Waals surface area (Å²) >= 11 is 1.14. The van der Waals surface area contributed by atoms with Crippen LogP contribution < -0.4 is 4.90 Å². The topological polar surface area (TPSA) is 87.2 Å². The van der Waals surface area contributed by atoms with Crippen LogP contribution in [0.5, 0.6) is 0 Å². The van der Waals surface area contributed by atoms with E-state index >= 15 is 0 Å². The van der Waals surface area contributed by atoms with Gasteiger partial charge >= 0.3 is 12.1 Å². The molecule has 1 aromatic rings. The Labute approximate surface area is 237 Å². The lowest BCUT2D eigenvalue weighted by Gasteiger charge is -2.40. The van der Waals surface area contributed by atoms with Crippen molar-refractivity contribution in [1.82, 2.24) is 4.90 Å². The number of hydrogen-bond donors (Lipinski definition) is 1. The maximum absolute atomic E-state index is 14.1. The Morgan fingerprint density at radius 2 is 1.64 bits per heavy atom. The molecule has 4 rings (SSSR count). The SMILES string of the molecule is CC(C)(C)C#Cc1cc(N(C(=O)[C@H]2CC[C@H](C)CC2)C2CCN(C(=O)OC3CCCCC3)CC2)c(C(=O)O)s1. The number of carboxylic acid groups (broad SMARTS) is 1. The number of piperidine rings is 1. The smallest absolute Gasteiger partial charge is 0.410 e. The molecule has 0 aromatic carbocycles. The third-order valence-corrected chi connectivity index (χ3v) is 9.26. The molecule has 0 unspecified atom stereocenters. The van der Waals surface area contributed by atoms with Crippen LogP contribution in [0.2, 0.25) is 0 Å². The number of hydrogen-bond acceptors (Lipinski definition) is 5. The number of carboxylic acids is 1. The number of nitrogens with zero attached hydrogens (tertiary/aromatic N) is 2. The molecule has 2 amide bonds. The summed E-state index contributed by atoms with van der Waals surface area (Å²) in [6.45, 7) is 9.25. The first-order chi connectivity index (χ1) is 18.5. The van der Waals surface area contributed by atoms with Crippen LogP contribution in [0.1, 0.15) is 113 Å². The van der Waals surface area contributed by atoms with E-state index in [4.69, 9.17) is 4.74 Å². The van der Waals surface area contributed by atoms with Gasteiger partial charge in [0.2, 0.25) is 5.91 Å². The molecular formula is C31H44N2O5S. The summed E-state index contributed by atoms with van der Waals surface area (Å²) in [5.74, 6) is 5.80. The largest absolute Gasteiger partial charge is 0.477 e. The van der Waals surface area contributed by atoms with E-state index in [1.807, 2.05) is 20.8 Å². The van der Waals surface area contributed by atoms with Crippen LogP contribution >= 0.6 is 11.3 Å². The molecule has 1 aliphatic heterocycles. The van der Waals surface area contributed by atoms with Crippen molar-refractivity contribution in [3.8, 4) is 11.8 Å². The van der Waals surface area contributed by atoms with Crippen LogP contribution in [-0.4, -0.2) is 53.2 Å². The third kappa shape index (κ3) is 7.78. The molecule has 8 heteroatoms. The van der Waals surface area contributed by atoms with Gasteiger partial charge in [-0.25, -0.2) is 9.59 Å². The van der Waals surface area contributed by atoms with Crippen LogP contribution in [-0.2, 0) is 9.53 Å². The average molecular weight is 557 g/mol. The summed E-state index contributed by atoms with van der Waals surface area (Å²) in [5, 5.41) is 10.1. The minimum absolute atomic E-state index is 0.00676. The molecule has 214 valence electrons. The zero-order valence-corrected chi connectivity index (χ0v) is 24.8.